The molecular weight excluding hydrogens is 219 g/mol. The predicted molar refractivity (Wildman–Crippen MR) is 46.4 cm³/mol. The Labute approximate surface area is 123 Å². The van der Waals surface area contributed by atoms with Gasteiger partial charge in [0.25, 0.3) is 0 Å². The van der Waals surface area contributed by atoms with E-state index >= 15 is 0 Å². The largest absolute Gasteiger partial charge is 1.00 e. The molecule has 1 rings (SSSR count). The van der Waals surface area contributed by atoms with E-state index in [9.17, 15) is 12.9 Å². The van der Waals surface area contributed by atoms with Crippen LogP contribution in [0.1, 0.15) is 5.56 Å². The van der Waals surface area contributed by atoms with Crippen LogP contribution in [-0.2, 0) is 0 Å². The number of ether oxygens (including phenoxy) is 1. The summed E-state index contributed by atoms with van der Waals surface area (Å²) in [6.07, 6.45) is 0. The Morgan fingerprint density at radius 3 is 2.21 bits per heavy atom. The maximum absolute atomic E-state index is 12.3. The van der Waals surface area contributed by atoms with E-state index in [1.807, 2.05) is 0 Å². The monoisotopic (exact) mass is 228 g/mol. The first-order valence-electron chi connectivity index (χ1n) is 3.79. The number of methoxy groups -OCH3 is 1. The van der Waals surface area contributed by atoms with Crippen LogP contribution in [0.3, 0.4) is 0 Å². The molecule has 0 aliphatic heterocycles. The summed E-state index contributed by atoms with van der Waals surface area (Å²) in [5.74, 6) is -0.104. The molecule has 0 heterocycles. The molecule has 0 spiro atoms. The molecule has 0 unspecified atom stereocenters. The quantitative estimate of drug-likeness (QED) is 0.594. The molecular formula is C8H9BF3KO. The van der Waals surface area contributed by atoms with Crippen molar-refractivity contribution in [3.63, 3.8) is 0 Å². The number of benzene rings is 1. The Kier molecular flexibility index (Phi) is 5.76. The number of halogens is 3. The molecule has 0 aliphatic carbocycles. The molecule has 0 radical (unpaired) electrons. The van der Waals surface area contributed by atoms with Gasteiger partial charge in [0.15, 0.2) is 0 Å². The third-order valence-corrected chi connectivity index (χ3v) is 1.74. The molecule has 14 heavy (non-hydrogen) atoms. The van der Waals surface area contributed by atoms with Crippen molar-refractivity contribution in [3.05, 3.63) is 23.8 Å². The average molecular weight is 228 g/mol. The summed E-state index contributed by atoms with van der Waals surface area (Å²) in [4.78, 5) is 0. The van der Waals surface area contributed by atoms with Crippen LogP contribution in [0, 0.1) is 6.92 Å². The van der Waals surface area contributed by atoms with Crippen LogP contribution in [0.15, 0.2) is 18.2 Å². The summed E-state index contributed by atoms with van der Waals surface area (Å²) in [5.41, 5.74) is 0.0775. The van der Waals surface area contributed by atoms with Gasteiger partial charge in [-0.25, -0.2) is 0 Å². The maximum Gasteiger partial charge on any atom is 1.00 e. The molecule has 0 saturated heterocycles. The van der Waals surface area contributed by atoms with E-state index in [1.54, 1.807) is 6.92 Å². The van der Waals surface area contributed by atoms with Crippen molar-refractivity contribution in [2.24, 2.45) is 0 Å². The standard InChI is InChI=1S/C8H9BF3O.K/c1-6-3-4-7(9(10,11)12)8(5-6)13-2;/h3-5H,1-2H3;/q-1;+1. The molecule has 0 N–H and O–H groups in total. The van der Waals surface area contributed by atoms with Crippen LogP contribution in [0.2, 0.25) is 0 Å². The molecule has 0 aromatic heterocycles. The Bertz CT molecular complexity index is 314. The van der Waals surface area contributed by atoms with Gasteiger partial charge in [-0.1, -0.05) is 17.6 Å². The SMILES string of the molecule is COc1cc(C)ccc1[B-](F)(F)F.[K+]. The molecule has 72 valence electrons. The topological polar surface area (TPSA) is 9.23 Å². The van der Waals surface area contributed by atoms with E-state index in [2.05, 4.69) is 4.74 Å². The van der Waals surface area contributed by atoms with E-state index in [0.29, 0.717) is 0 Å². The summed E-state index contributed by atoms with van der Waals surface area (Å²) in [6.45, 7) is -3.26. The molecule has 6 heteroatoms. The Balaban J connectivity index is 0.00000169. The Morgan fingerprint density at radius 1 is 1.21 bits per heavy atom. The van der Waals surface area contributed by atoms with Crippen molar-refractivity contribution in [3.8, 4) is 5.75 Å². The minimum Gasteiger partial charge on any atom is -0.500 e. The number of aryl methyl sites for hydroxylation is 1. The summed E-state index contributed by atoms with van der Waals surface area (Å²) < 4.78 is 41.7. The molecule has 0 atom stereocenters. The van der Waals surface area contributed by atoms with Crippen LogP contribution in [-0.4, -0.2) is 14.1 Å². The number of hydrogen-bond acceptors (Lipinski definition) is 1. The third-order valence-electron chi connectivity index (χ3n) is 1.74. The summed E-state index contributed by atoms with van der Waals surface area (Å²) in [5, 5.41) is 0. The number of rotatable bonds is 2. The molecule has 0 fully saturated rings. The minimum absolute atomic E-state index is 0. The van der Waals surface area contributed by atoms with Gasteiger partial charge in [-0.2, -0.15) is 0 Å². The van der Waals surface area contributed by atoms with Gasteiger partial charge in [0.05, 0.1) is 12.9 Å². The zero-order valence-electron chi connectivity index (χ0n) is 8.35. The van der Waals surface area contributed by atoms with Crippen molar-refractivity contribution >= 4 is 12.4 Å². The van der Waals surface area contributed by atoms with E-state index in [1.165, 1.54) is 19.2 Å². The van der Waals surface area contributed by atoms with Crippen molar-refractivity contribution in [2.45, 2.75) is 6.92 Å². The molecule has 0 aliphatic rings. The van der Waals surface area contributed by atoms with E-state index in [0.717, 1.165) is 11.6 Å². The van der Waals surface area contributed by atoms with Gasteiger partial charge in [-0.3, -0.25) is 0 Å². The van der Waals surface area contributed by atoms with Gasteiger partial charge in [-0.15, -0.1) is 0 Å². The second-order valence-corrected chi connectivity index (χ2v) is 2.82. The molecule has 0 saturated carbocycles. The van der Waals surface area contributed by atoms with Crippen molar-refractivity contribution < 1.29 is 69.1 Å². The Morgan fingerprint density at radius 2 is 1.79 bits per heavy atom. The fraction of sp³-hybridized carbons (Fsp3) is 0.250. The molecule has 1 nitrogen and oxygen atoms in total. The maximum atomic E-state index is 12.3. The smallest absolute Gasteiger partial charge is 0.500 e. The van der Waals surface area contributed by atoms with Gasteiger partial charge in [0.2, 0.25) is 0 Å². The van der Waals surface area contributed by atoms with E-state index in [4.69, 9.17) is 0 Å². The molecule has 0 bridgehead atoms. The first-order valence-corrected chi connectivity index (χ1v) is 3.79. The van der Waals surface area contributed by atoms with Crippen LogP contribution >= 0.6 is 0 Å². The van der Waals surface area contributed by atoms with Crippen LogP contribution < -0.4 is 61.6 Å². The fourth-order valence-corrected chi connectivity index (χ4v) is 1.09. The van der Waals surface area contributed by atoms with Crippen molar-refractivity contribution in [1.29, 1.82) is 0 Å². The fourth-order valence-electron chi connectivity index (χ4n) is 1.09. The first-order chi connectivity index (χ1) is 5.95. The summed E-state index contributed by atoms with van der Waals surface area (Å²) in [6, 6.07) is 3.85. The second-order valence-electron chi connectivity index (χ2n) is 2.82. The molecule has 1 aromatic rings. The van der Waals surface area contributed by atoms with Gasteiger partial charge >= 0.3 is 58.4 Å². The first kappa shape index (κ1) is 14.5. The predicted octanol–water partition coefficient (Wildman–Crippen LogP) is -0.938. The number of hydrogen-bond donors (Lipinski definition) is 0. The second kappa shape index (κ2) is 5.56. The van der Waals surface area contributed by atoms with Crippen LogP contribution in [0.4, 0.5) is 12.9 Å². The zero-order valence-corrected chi connectivity index (χ0v) is 11.5. The van der Waals surface area contributed by atoms with Crippen molar-refractivity contribution in [1.82, 2.24) is 0 Å². The van der Waals surface area contributed by atoms with E-state index < -0.39 is 12.4 Å². The average Bonchev–Trinajstić information content (AvgIpc) is 2.01. The van der Waals surface area contributed by atoms with Crippen molar-refractivity contribution in [2.75, 3.05) is 7.11 Å². The minimum atomic E-state index is -4.98. The van der Waals surface area contributed by atoms with Crippen LogP contribution in [0.5, 0.6) is 5.75 Å². The zero-order chi connectivity index (χ0) is 10.1. The van der Waals surface area contributed by atoms with E-state index in [-0.39, 0.29) is 57.1 Å². The Hall–Kier alpha value is 0.511. The van der Waals surface area contributed by atoms with Gasteiger partial charge in [0.1, 0.15) is 0 Å². The summed E-state index contributed by atoms with van der Waals surface area (Å²) in [7, 11) is 1.24. The third kappa shape index (κ3) is 3.58. The molecule has 1 aromatic carbocycles. The normalized spacial score (nSPS) is 10.6. The van der Waals surface area contributed by atoms with Gasteiger partial charge in [-0.05, 0) is 18.6 Å². The van der Waals surface area contributed by atoms with Gasteiger partial charge < -0.3 is 17.7 Å². The summed E-state index contributed by atoms with van der Waals surface area (Å²) >= 11 is 0. The van der Waals surface area contributed by atoms with Gasteiger partial charge in [0, 0.05) is 0 Å². The molecule has 0 amide bonds. The van der Waals surface area contributed by atoms with Crippen LogP contribution in [0.25, 0.3) is 0 Å².